The minimum Gasteiger partial charge on any atom is -0.496 e. The van der Waals surface area contributed by atoms with E-state index in [-0.39, 0.29) is 5.78 Å². The molecule has 3 nitrogen and oxygen atoms in total. The number of aliphatic hydroxyl groups is 1. The van der Waals surface area contributed by atoms with Crippen LogP contribution < -0.4 is 4.74 Å². The summed E-state index contributed by atoms with van der Waals surface area (Å²) in [4.78, 5) is 11.8. The second kappa shape index (κ2) is 4.66. The number of hydrogen-bond donors (Lipinski definition) is 1. The Labute approximate surface area is 96.1 Å². The number of benzene rings is 1. The molecule has 1 aromatic carbocycles. The van der Waals surface area contributed by atoms with Crippen LogP contribution >= 0.6 is 0 Å². The Kier molecular flexibility index (Phi) is 3.70. The summed E-state index contributed by atoms with van der Waals surface area (Å²) in [6.07, 6.45) is 0.788. The minimum absolute atomic E-state index is 0.273. The van der Waals surface area contributed by atoms with Crippen molar-refractivity contribution in [2.45, 2.75) is 32.8 Å². The van der Waals surface area contributed by atoms with Crippen LogP contribution in [0.3, 0.4) is 0 Å². The number of aryl methyl sites for hydroxylation is 1. The van der Waals surface area contributed by atoms with Gasteiger partial charge < -0.3 is 9.84 Å². The third-order valence-corrected chi connectivity index (χ3v) is 2.48. The molecule has 0 unspecified atom stereocenters. The summed E-state index contributed by atoms with van der Waals surface area (Å²) in [5, 5.41) is 9.65. The largest absolute Gasteiger partial charge is 0.496 e. The predicted octanol–water partition coefficient (Wildman–Crippen LogP) is 2.21. The van der Waals surface area contributed by atoms with Gasteiger partial charge in [0.1, 0.15) is 11.4 Å². The van der Waals surface area contributed by atoms with Crippen molar-refractivity contribution in [2.75, 3.05) is 7.11 Å². The molecular weight excluding hydrogens is 204 g/mol. The molecule has 16 heavy (non-hydrogen) atoms. The van der Waals surface area contributed by atoms with E-state index in [0.29, 0.717) is 5.56 Å². The topological polar surface area (TPSA) is 46.5 Å². The third kappa shape index (κ3) is 2.61. The maximum Gasteiger partial charge on any atom is 0.193 e. The van der Waals surface area contributed by atoms with E-state index in [1.165, 1.54) is 13.8 Å². The smallest absolute Gasteiger partial charge is 0.193 e. The van der Waals surface area contributed by atoms with Crippen molar-refractivity contribution in [2.24, 2.45) is 0 Å². The molecule has 1 aromatic rings. The summed E-state index contributed by atoms with van der Waals surface area (Å²) in [6, 6.07) is 5.22. The molecule has 0 aliphatic rings. The Morgan fingerprint density at radius 1 is 1.44 bits per heavy atom. The van der Waals surface area contributed by atoms with Crippen LogP contribution in [-0.2, 0) is 6.42 Å². The Morgan fingerprint density at radius 2 is 2.06 bits per heavy atom. The van der Waals surface area contributed by atoms with Gasteiger partial charge in [0.15, 0.2) is 5.78 Å². The number of methoxy groups -OCH3 is 1. The van der Waals surface area contributed by atoms with Crippen LogP contribution in [0.2, 0.25) is 0 Å². The minimum atomic E-state index is -1.33. The van der Waals surface area contributed by atoms with Gasteiger partial charge in [0.2, 0.25) is 0 Å². The molecule has 88 valence electrons. The summed E-state index contributed by atoms with van der Waals surface area (Å²) in [5.41, 5.74) is 0.155. The van der Waals surface area contributed by atoms with E-state index in [4.69, 9.17) is 4.74 Å². The first-order valence-electron chi connectivity index (χ1n) is 5.34. The van der Waals surface area contributed by atoms with E-state index in [1.54, 1.807) is 25.3 Å². The quantitative estimate of drug-likeness (QED) is 0.794. The molecule has 0 aliphatic heterocycles. The van der Waals surface area contributed by atoms with Crippen LogP contribution in [0.15, 0.2) is 18.2 Å². The predicted molar refractivity (Wildman–Crippen MR) is 63.0 cm³/mol. The molecule has 0 amide bonds. The van der Waals surface area contributed by atoms with Crippen LogP contribution in [0, 0.1) is 0 Å². The highest BCUT2D eigenvalue weighted by Crippen LogP contribution is 2.22. The van der Waals surface area contributed by atoms with Gasteiger partial charge in [-0.15, -0.1) is 0 Å². The molecule has 0 heterocycles. The molecular formula is C13H18O3. The van der Waals surface area contributed by atoms with Gasteiger partial charge in [0, 0.05) is 5.56 Å². The van der Waals surface area contributed by atoms with Gasteiger partial charge in [0.25, 0.3) is 0 Å². The van der Waals surface area contributed by atoms with Crippen LogP contribution in [-0.4, -0.2) is 23.6 Å². The van der Waals surface area contributed by atoms with E-state index >= 15 is 0 Å². The van der Waals surface area contributed by atoms with Gasteiger partial charge in [-0.1, -0.05) is 6.92 Å². The number of carbonyl (C=O) groups excluding carboxylic acids is 1. The molecule has 0 saturated carbocycles. The molecule has 3 heteroatoms. The van der Waals surface area contributed by atoms with Crippen LogP contribution in [0.5, 0.6) is 5.75 Å². The fourth-order valence-corrected chi connectivity index (χ4v) is 1.55. The van der Waals surface area contributed by atoms with E-state index < -0.39 is 5.60 Å². The van der Waals surface area contributed by atoms with Gasteiger partial charge in [-0.3, -0.25) is 4.79 Å². The van der Waals surface area contributed by atoms with Crippen molar-refractivity contribution in [1.82, 2.24) is 0 Å². The van der Waals surface area contributed by atoms with Gasteiger partial charge in [-0.05, 0) is 44.0 Å². The lowest BCUT2D eigenvalue weighted by Gasteiger charge is -2.16. The second-order valence-corrected chi connectivity index (χ2v) is 4.27. The molecule has 0 aromatic heterocycles. The lowest BCUT2D eigenvalue weighted by Crippen LogP contribution is -2.31. The first-order chi connectivity index (χ1) is 7.40. The van der Waals surface area contributed by atoms with Crippen molar-refractivity contribution >= 4 is 5.78 Å². The van der Waals surface area contributed by atoms with Gasteiger partial charge in [-0.2, -0.15) is 0 Å². The van der Waals surface area contributed by atoms with Crippen molar-refractivity contribution in [3.63, 3.8) is 0 Å². The second-order valence-electron chi connectivity index (χ2n) is 4.27. The first-order valence-corrected chi connectivity index (χ1v) is 5.34. The zero-order valence-electron chi connectivity index (χ0n) is 10.2. The van der Waals surface area contributed by atoms with Crippen LogP contribution in [0.4, 0.5) is 0 Å². The summed E-state index contributed by atoms with van der Waals surface area (Å²) >= 11 is 0. The molecule has 1 N–H and O–H groups in total. The average molecular weight is 222 g/mol. The standard InChI is InChI=1S/C13H18O3/c1-5-9-8-10(6-7-11(9)16-4)12(14)13(2,3)15/h6-8,15H,5H2,1-4H3. The summed E-state index contributed by atoms with van der Waals surface area (Å²) in [7, 11) is 1.60. The third-order valence-electron chi connectivity index (χ3n) is 2.48. The Bertz CT molecular complexity index is 389. The molecule has 0 bridgehead atoms. The van der Waals surface area contributed by atoms with E-state index in [1.807, 2.05) is 6.92 Å². The molecule has 0 spiro atoms. The van der Waals surface area contributed by atoms with Gasteiger partial charge in [0.05, 0.1) is 7.11 Å². The van der Waals surface area contributed by atoms with Gasteiger partial charge in [-0.25, -0.2) is 0 Å². The maximum absolute atomic E-state index is 11.8. The number of carbonyl (C=O) groups is 1. The fraction of sp³-hybridized carbons (Fsp3) is 0.462. The molecule has 0 saturated heterocycles. The number of hydrogen-bond acceptors (Lipinski definition) is 3. The summed E-state index contributed by atoms with van der Waals surface area (Å²) < 4.78 is 5.18. The lowest BCUT2D eigenvalue weighted by molar-refractivity contribution is 0.0488. The van der Waals surface area contributed by atoms with Crippen molar-refractivity contribution in [3.8, 4) is 5.75 Å². The molecule has 0 aliphatic carbocycles. The van der Waals surface area contributed by atoms with Crippen LogP contribution in [0.1, 0.15) is 36.7 Å². The zero-order valence-corrected chi connectivity index (χ0v) is 10.2. The maximum atomic E-state index is 11.8. The fourth-order valence-electron chi connectivity index (χ4n) is 1.55. The number of ether oxygens (including phenoxy) is 1. The van der Waals surface area contributed by atoms with Crippen molar-refractivity contribution < 1.29 is 14.6 Å². The number of Topliss-reactive ketones (excluding diaryl/α,β-unsaturated/α-hetero) is 1. The highest BCUT2D eigenvalue weighted by Gasteiger charge is 2.25. The van der Waals surface area contributed by atoms with E-state index in [0.717, 1.165) is 17.7 Å². The number of rotatable bonds is 4. The van der Waals surface area contributed by atoms with Gasteiger partial charge >= 0.3 is 0 Å². The number of ketones is 1. The van der Waals surface area contributed by atoms with Crippen molar-refractivity contribution in [1.29, 1.82) is 0 Å². The highest BCUT2D eigenvalue weighted by atomic mass is 16.5. The Morgan fingerprint density at radius 3 is 2.50 bits per heavy atom. The SMILES string of the molecule is CCc1cc(C(=O)C(C)(C)O)ccc1OC. The highest BCUT2D eigenvalue weighted by molar-refractivity contribution is 6.02. The van der Waals surface area contributed by atoms with Crippen molar-refractivity contribution in [3.05, 3.63) is 29.3 Å². The zero-order chi connectivity index (χ0) is 12.3. The Hall–Kier alpha value is -1.35. The summed E-state index contributed by atoms with van der Waals surface area (Å²) in [5.74, 6) is 0.500. The van der Waals surface area contributed by atoms with Crippen LogP contribution in [0.25, 0.3) is 0 Å². The average Bonchev–Trinajstić information content (AvgIpc) is 2.25. The molecule has 1 rings (SSSR count). The normalized spacial score (nSPS) is 11.3. The lowest BCUT2D eigenvalue weighted by atomic mass is 9.95. The monoisotopic (exact) mass is 222 g/mol. The Balaban J connectivity index is 3.13. The van der Waals surface area contributed by atoms with E-state index in [9.17, 15) is 9.90 Å². The first kappa shape index (κ1) is 12.7. The summed E-state index contributed by atoms with van der Waals surface area (Å²) in [6.45, 7) is 4.98. The van der Waals surface area contributed by atoms with E-state index in [2.05, 4.69) is 0 Å². The molecule has 0 radical (unpaired) electrons. The molecule has 0 atom stereocenters. The molecule has 0 fully saturated rings.